The van der Waals surface area contributed by atoms with Crippen LogP contribution in [0.25, 0.3) is 33.4 Å². The lowest BCUT2D eigenvalue weighted by Gasteiger charge is -2.48. The van der Waals surface area contributed by atoms with Gasteiger partial charge < -0.3 is 4.90 Å². The highest BCUT2D eigenvalue weighted by Crippen LogP contribution is 2.62. The van der Waals surface area contributed by atoms with Crippen molar-refractivity contribution in [3.63, 3.8) is 0 Å². The van der Waals surface area contributed by atoms with Crippen LogP contribution >= 0.6 is 12.2 Å². The molecule has 0 radical (unpaired) electrons. The molecule has 8 rings (SSSR count). The molecule has 0 saturated heterocycles. The Morgan fingerprint density at radius 2 is 0.959 bits per heavy atom. The summed E-state index contributed by atoms with van der Waals surface area (Å²) in [6.45, 7) is 13.0. The predicted octanol–water partition coefficient (Wildman–Crippen LogP) is 10.1. The van der Waals surface area contributed by atoms with E-state index in [0.717, 1.165) is 13.1 Å². The van der Waals surface area contributed by atoms with E-state index in [2.05, 4.69) is 171 Å². The molecule has 2 heterocycles. The lowest BCUT2D eigenvalue weighted by atomic mass is 9.93. The SMILES string of the molecule is CCN(CC)P1(=S)c2cc(C)ccc2N2c3ccc(C)cc3P(C)(=S)c3cc(-c4cc(-c5ccccc5)cc(-c5ccccc5)c4)cc1c32. The van der Waals surface area contributed by atoms with Gasteiger partial charge in [0.1, 0.15) is 0 Å². The first kappa shape index (κ1) is 32.6. The van der Waals surface area contributed by atoms with Crippen LogP contribution in [0.5, 0.6) is 0 Å². The van der Waals surface area contributed by atoms with E-state index in [1.165, 1.54) is 82.8 Å². The molecule has 6 heteroatoms. The second-order valence-electron chi connectivity index (χ2n) is 13.4. The highest BCUT2D eigenvalue weighted by atomic mass is 32.4. The van der Waals surface area contributed by atoms with Gasteiger partial charge in [-0.1, -0.05) is 121 Å². The molecule has 6 aromatic rings. The van der Waals surface area contributed by atoms with E-state index in [-0.39, 0.29) is 0 Å². The molecule has 0 bridgehead atoms. The van der Waals surface area contributed by atoms with E-state index in [1.807, 2.05) is 0 Å². The maximum atomic E-state index is 7.12. The van der Waals surface area contributed by atoms with Crippen LogP contribution in [0.15, 0.2) is 127 Å². The quantitative estimate of drug-likeness (QED) is 0.159. The first-order valence-corrected chi connectivity index (χ1v) is 23.1. The minimum atomic E-state index is -2.44. The highest BCUT2D eigenvalue weighted by Gasteiger charge is 2.45. The summed E-state index contributed by atoms with van der Waals surface area (Å²) in [4.78, 5) is 2.51. The number of anilines is 3. The second kappa shape index (κ2) is 12.3. The Kier molecular flexibility index (Phi) is 8.18. The largest absolute Gasteiger partial charge is 0.308 e. The molecule has 49 heavy (non-hydrogen) atoms. The number of hydrogen-bond donors (Lipinski definition) is 0. The summed E-state index contributed by atoms with van der Waals surface area (Å²) in [5, 5.41) is 5.10. The van der Waals surface area contributed by atoms with E-state index >= 15 is 0 Å². The molecule has 2 atom stereocenters. The van der Waals surface area contributed by atoms with Gasteiger partial charge in [-0.3, -0.25) is 4.67 Å². The molecule has 0 aromatic heterocycles. The van der Waals surface area contributed by atoms with Crippen molar-refractivity contribution in [3.05, 3.63) is 139 Å². The van der Waals surface area contributed by atoms with Crippen LogP contribution in [0, 0.1) is 13.8 Å². The van der Waals surface area contributed by atoms with Crippen molar-refractivity contribution >= 4 is 74.1 Å². The lowest BCUT2D eigenvalue weighted by molar-refractivity contribution is 0.513. The maximum absolute atomic E-state index is 7.12. The molecule has 6 aromatic carbocycles. The van der Waals surface area contributed by atoms with Crippen molar-refractivity contribution in [1.29, 1.82) is 0 Å². The molecular formula is C43H40N2P2S2. The van der Waals surface area contributed by atoms with Crippen LogP contribution in [0.2, 0.25) is 0 Å². The van der Waals surface area contributed by atoms with Crippen LogP contribution in [0.3, 0.4) is 0 Å². The van der Waals surface area contributed by atoms with Crippen molar-refractivity contribution in [2.75, 3.05) is 24.7 Å². The van der Waals surface area contributed by atoms with Crippen molar-refractivity contribution in [3.8, 4) is 33.4 Å². The van der Waals surface area contributed by atoms with Crippen molar-refractivity contribution < 1.29 is 0 Å². The molecule has 0 N–H and O–H groups in total. The van der Waals surface area contributed by atoms with Crippen LogP contribution in [-0.2, 0) is 23.6 Å². The fraction of sp³-hybridized carbons (Fsp3) is 0.163. The zero-order valence-electron chi connectivity index (χ0n) is 28.6. The molecule has 2 aliphatic rings. The molecule has 2 nitrogen and oxygen atoms in total. The molecule has 2 aliphatic heterocycles. The number of nitrogens with zero attached hydrogens (tertiary/aromatic N) is 2. The van der Waals surface area contributed by atoms with E-state index in [4.69, 9.17) is 23.6 Å². The summed E-state index contributed by atoms with van der Waals surface area (Å²) < 4.78 is 2.57. The Morgan fingerprint density at radius 1 is 0.510 bits per heavy atom. The third-order valence-electron chi connectivity index (χ3n) is 10.2. The van der Waals surface area contributed by atoms with Gasteiger partial charge in [0.15, 0.2) is 0 Å². The number of hydrogen-bond acceptors (Lipinski definition) is 3. The summed E-state index contributed by atoms with van der Waals surface area (Å²) in [6, 6.07) is 44.9. The number of fused-ring (bicyclic) bond motifs is 4. The average Bonchev–Trinajstić information content (AvgIpc) is 3.12. The highest BCUT2D eigenvalue weighted by molar-refractivity contribution is 8.22. The lowest BCUT2D eigenvalue weighted by Crippen LogP contribution is -2.45. The minimum Gasteiger partial charge on any atom is -0.308 e. The summed E-state index contributed by atoms with van der Waals surface area (Å²) >= 11 is 14.0. The molecule has 0 amide bonds. The van der Waals surface area contributed by atoms with Gasteiger partial charge in [0.2, 0.25) is 0 Å². The first-order chi connectivity index (χ1) is 23.6. The van der Waals surface area contributed by atoms with Gasteiger partial charge in [0.05, 0.1) is 23.3 Å². The average molecular weight is 711 g/mol. The first-order valence-electron chi connectivity index (χ1n) is 17.1. The monoisotopic (exact) mass is 710 g/mol. The van der Waals surface area contributed by atoms with Gasteiger partial charge in [0.25, 0.3) is 0 Å². The zero-order valence-corrected chi connectivity index (χ0v) is 32.1. The number of rotatable bonds is 6. The molecule has 2 unspecified atom stereocenters. The van der Waals surface area contributed by atoms with Crippen LogP contribution in [-0.4, -0.2) is 24.4 Å². The van der Waals surface area contributed by atoms with Crippen LogP contribution < -0.4 is 26.1 Å². The molecule has 244 valence electrons. The van der Waals surface area contributed by atoms with Gasteiger partial charge >= 0.3 is 0 Å². The van der Waals surface area contributed by atoms with Gasteiger partial charge in [0, 0.05) is 40.3 Å². The molecule has 0 fully saturated rings. The zero-order chi connectivity index (χ0) is 34.1. The van der Waals surface area contributed by atoms with Crippen LogP contribution in [0.1, 0.15) is 25.0 Å². The van der Waals surface area contributed by atoms with Crippen molar-refractivity contribution in [2.24, 2.45) is 0 Å². The summed E-state index contributed by atoms with van der Waals surface area (Å²) in [5.41, 5.74) is 13.3. The summed E-state index contributed by atoms with van der Waals surface area (Å²) in [7, 11) is 0. The van der Waals surface area contributed by atoms with Crippen molar-refractivity contribution in [1.82, 2.24) is 4.67 Å². The standard InChI is InChI=1S/C43H40N2P2S2/c1-6-44(7-2)47(49)40-23-30(4)19-21-38(40)45-37-20-18-29(3)22-39(37)46(5,48)41-27-36(28-42(47)43(41)45)35-25-33(31-14-10-8-11-15-31)24-34(26-35)32-16-12-9-13-17-32/h8-28H,6-7H2,1-5H3. The smallest absolute Gasteiger partial charge is 0.0751 e. The third kappa shape index (κ3) is 5.15. The fourth-order valence-electron chi connectivity index (χ4n) is 7.73. The second-order valence-corrected chi connectivity index (χ2v) is 22.6. The van der Waals surface area contributed by atoms with E-state index in [0.29, 0.717) is 0 Å². The molecule has 0 spiro atoms. The topological polar surface area (TPSA) is 6.48 Å². The van der Waals surface area contributed by atoms with E-state index < -0.39 is 12.2 Å². The Labute approximate surface area is 301 Å². The molecular weight excluding hydrogens is 671 g/mol. The van der Waals surface area contributed by atoms with Crippen LogP contribution in [0.4, 0.5) is 17.1 Å². The number of aryl methyl sites for hydroxylation is 2. The van der Waals surface area contributed by atoms with Gasteiger partial charge in [-0.15, -0.1) is 0 Å². The summed E-state index contributed by atoms with van der Waals surface area (Å²) in [5.74, 6) is 0. The Hall–Kier alpha value is -3.62. The Balaban J connectivity index is 1.49. The predicted molar refractivity (Wildman–Crippen MR) is 223 cm³/mol. The normalized spacial score (nSPS) is 18.9. The third-order valence-corrected chi connectivity index (χ3v) is 19.2. The molecule has 0 saturated carbocycles. The van der Waals surface area contributed by atoms with Gasteiger partial charge in [-0.25, -0.2) is 0 Å². The van der Waals surface area contributed by atoms with E-state index in [1.54, 1.807) is 0 Å². The minimum absolute atomic E-state index is 0.887. The number of benzene rings is 6. The fourth-order valence-corrected chi connectivity index (χ4v) is 15.9. The maximum Gasteiger partial charge on any atom is 0.0751 e. The van der Waals surface area contributed by atoms with Gasteiger partial charge in [-0.2, -0.15) is 0 Å². The van der Waals surface area contributed by atoms with Crippen molar-refractivity contribution in [2.45, 2.75) is 27.7 Å². The Bertz CT molecular complexity index is 2310. The van der Waals surface area contributed by atoms with E-state index in [9.17, 15) is 0 Å². The molecule has 0 aliphatic carbocycles. The van der Waals surface area contributed by atoms with Gasteiger partial charge in [-0.05, 0) is 108 Å². The summed E-state index contributed by atoms with van der Waals surface area (Å²) in [6.07, 6.45) is -2.44. The Morgan fingerprint density at radius 3 is 1.49 bits per heavy atom.